The molecule has 0 fully saturated rings. The van der Waals surface area contributed by atoms with Crippen LogP contribution in [0.5, 0.6) is 0 Å². The summed E-state index contributed by atoms with van der Waals surface area (Å²) in [5.41, 5.74) is 0.607. The van der Waals surface area contributed by atoms with E-state index in [2.05, 4.69) is 4.74 Å². The summed E-state index contributed by atoms with van der Waals surface area (Å²) in [6.07, 6.45) is -9.70. The third-order valence-electron chi connectivity index (χ3n) is 3.94. The van der Waals surface area contributed by atoms with E-state index < -0.39 is 48.8 Å². The van der Waals surface area contributed by atoms with Gasteiger partial charge in [0.1, 0.15) is 0 Å². The molecule has 0 saturated carbocycles. The topological polar surface area (TPSA) is 9.23 Å². The van der Waals surface area contributed by atoms with Crippen LogP contribution >= 0.6 is 0 Å². The van der Waals surface area contributed by atoms with E-state index in [1.54, 1.807) is 30.3 Å². The maximum Gasteiger partial charge on any atom is 0.460 e. The standard InChI is InChI=1S/C16H13F13O/c17-11(18,7-9-30-8-6-10-4-2-1-3-5-10)12(19,20)13(21,22)14(23,24)15(25,26)16(27,28)29/h1-5H,6-9H2. The lowest BCUT2D eigenvalue weighted by molar-refractivity contribution is -0.440. The van der Waals surface area contributed by atoms with E-state index in [1.807, 2.05) is 0 Å². The monoisotopic (exact) mass is 468 g/mol. The minimum atomic E-state index is -7.88. The zero-order valence-electron chi connectivity index (χ0n) is 14.5. The van der Waals surface area contributed by atoms with Crippen LogP contribution in [-0.2, 0) is 11.2 Å². The van der Waals surface area contributed by atoms with E-state index in [1.165, 1.54) is 0 Å². The summed E-state index contributed by atoms with van der Waals surface area (Å²) < 4.78 is 172. The summed E-state index contributed by atoms with van der Waals surface area (Å²) in [4.78, 5) is 0. The number of hydrogen-bond acceptors (Lipinski definition) is 1. The molecule has 0 bridgehead atoms. The molecule has 0 unspecified atom stereocenters. The van der Waals surface area contributed by atoms with Crippen LogP contribution in [0.1, 0.15) is 12.0 Å². The molecule has 0 aromatic heterocycles. The molecule has 14 heteroatoms. The van der Waals surface area contributed by atoms with Crippen molar-refractivity contribution in [1.82, 2.24) is 0 Å². The van der Waals surface area contributed by atoms with Crippen LogP contribution in [-0.4, -0.2) is 49.0 Å². The molecular formula is C16H13F13O. The molecular weight excluding hydrogens is 455 g/mol. The van der Waals surface area contributed by atoms with E-state index in [-0.39, 0.29) is 13.0 Å². The van der Waals surface area contributed by atoms with Crippen molar-refractivity contribution in [3.63, 3.8) is 0 Å². The molecule has 0 heterocycles. The molecule has 1 aromatic carbocycles. The van der Waals surface area contributed by atoms with Crippen LogP contribution in [0.4, 0.5) is 57.1 Å². The Balaban J connectivity index is 2.89. The molecule has 0 N–H and O–H groups in total. The SMILES string of the molecule is FC(F)(F)C(F)(F)C(F)(F)C(F)(F)C(F)(F)C(F)(F)CCOCCc1ccccc1. The lowest BCUT2D eigenvalue weighted by atomic mass is 9.93. The van der Waals surface area contributed by atoms with Gasteiger partial charge < -0.3 is 4.74 Å². The Hall–Kier alpha value is -1.73. The zero-order valence-corrected chi connectivity index (χ0v) is 14.5. The average molecular weight is 468 g/mol. The molecule has 30 heavy (non-hydrogen) atoms. The van der Waals surface area contributed by atoms with Crippen LogP contribution in [0.15, 0.2) is 30.3 Å². The minimum Gasteiger partial charge on any atom is -0.381 e. The fourth-order valence-corrected chi connectivity index (χ4v) is 2.10. The van der Waals surface area contributed by atoms with E-state index in [9.17, 15) is 57.1 Å². The van der Waals surface area contributed by atoms with Crippen LogP contribution in [0.2, 0.25) is 0 Å². The van der Waals surface area contributed by atoms with Crippen LogP contribution in [0, 0.1) is 0 Å². The van der Waals surface area contributed by atoms with Crippen molar-refractivity contribution in [3.05, 3.63) is 35.9 Å². The summed E-state index contributed by atoms with van der Waals surface area (Å²) in [5.74, 6) is -36.7. The third kappa shape index (κ3) is 4.62. The fraction of sp³-hybridized carbons (Fsp3) is 0.625. The molecule has 0 saturated heterocycles. The highest BCUT2D eigenvalue weighted by Crippen LogP contribution is 2.60. The molecule has 174 valence electrons. The van der Waals surface area contributed by atoms with Crippen molar-refractivity contribution in [3.8, 4) is 0 Å². The Labute approximate surface area is 160 Å². The summed E-state index contributed by atoms with van der Waals surface area (Å²) >= 11 is 0. The highest BCUT2D eigenvalue weighted by Gasteiger charge is 2.90. The van der Waals surface area contributed by atoms with Gasteiger partial charge in [-0.25, -0.2) is 0 Å². The predicted molar refractivity (Wildman–Crippen MR) is 76.4 cm³/mol. The molecule has 0 spiro atoms. The highest BCUT2D eigenvalue weighted by molar-refractivity contribution is 5.14. The summed E-state index contributed by atoms with van der Waals surface area (Å²) in [6.45, 7) is -1.78. The van der Waals surface area contributed by atoms with Gasteiger partial charge in [-0.05, 0) is 12.0 Å². The van der Waals surface area contributed by atoms with Crippen molar-refractivity contribution in [1.29, 1.82) is 0 Å². The first-order valence-electron chi connectivity index (χ1n) is 7.90. The predicted octanol–water partition coefficient (Wildman–Crippen LogP) is 6.37. The van der Waals surface area contributed by atoms with Crippen molar-refractivity contribution in [2.75, 3.05) is 13.2 Å². The number of halogens is 13. The van der Waals surface area contributed by atoms with Crippen LogP contribution in [0.25, 0.3) is 0 Å². The quantitative estimate of drug-likeness (QED) is 0.286. The molecule has 0 amide bonds. The zero-order chi connectivity index (χ0) is 23.6. The second-order valence-electron chi connectivity index (χ2n) is 6.10. The van der Waals surface area contributed by atoms with Crippen molar-refractivity contribution in [2.45, 2.75) is 48.6 Å². The molecule has 1 nitrogen and oxygen atoms in total. The van der Waals surface area contributed by atoms with Crippen molar-refractivity contribution >= 4 is 0 Å². The molecule has 0 aliphatic carbocycles. The smallest absolute Gasteiger partial charge is 0.381 e. The first-order valence-corrected chi connectivity index (χ1v) is 7.90. The van der Waals surface area contributed by atoms with Gasteiger partial charge in [-0.2, -0.15) is 57.1 Å². The van der Waals surface area contributed by atoms with E-state index in [4.69, 9.17) is 0 Å². The highest BCUT2D eigenvalue weighted by atomic mass is 19.4. The van der Waals surface area contributed by atoms with Gasteiger partial charge in [0, 0.05) is 6.42 Å². The molecule has 0 atom stereocenters. The first kappa shape index (κ1) is 26.3. The summed E-state index contributed by atoms with van der Waals surface area (Å²) in [7, 11) is 0. The summed E-state index contributed by atoms with van der Waals surface area (Å²) in [5, 5.41) is 0. The maximum atomic E-state index is 13.5. The lowest BCUT2D eigenvalue weighted by Gasteiger charge is -2.39. The number of hydrogen-bond donors (Lipinski definition) is 0. The van der Waals surface area contributed by atoms with E-state index in [0.29, 0.717) is 5.56 Å². The Morgan fingerprint density at radius 3 is 1.50 bits per heavy atom. The summed E-state index contributed by atoms with van der Waals surface area (Å²) in [6, 6.07) is 7.93. The van der Waals surface area contributed by atoms with Crippen molar-refractivity contribution < 1.29 is 61.8 Å². The van der Waals surface area contributed by atoms with E-state index >= 15 is 0 Å². The normalized spacial score (nSPS) is 14.8. The Kier molecular flexibility index (Phi) is 7.39. The van der Waals surface area contributed by atoms with Gasteiger partial charge in [0.2, 0.25) is 0 Å². The number of alkyl halides is 13. The Morgan fingerprint density at radius 2 is 1.03 bits per heavy atom. The molecule has 1 rings (SSSR count). The van der Waals surface area contributed by atoms with Crippen LogP contribution < -0.4 is 0 Å². The second kappa shape index (κ2) is 8.42. The van der Waals surface area contributed by atoms with Crippen LogP contribution in [0.3, 0.4) is 0 Å². The first-order chi connectivity index (χ1) is 13.3. The van der Waals surface area contributed by atoms with Crippen molar-refractivity contribution in [2.24, 2.45) is 0 Å². The van der Waals surface area contributed by atoms with Gasteiger partial charge in [-0.1, -0.05) is 30.3 Å². The maximum absolute atomic E-state index is 13.5. The van der Waals surface area contributed by atoms with Gasteiger partial charge in [0.15, 0.2) is 0 Å². The molecule has 0 radical (unpaired) electrons. The van der Waals surface area contributed by atoms with Gasteiger partial charge in [0.25, 0.3) is 0 Å². The average Bonchev–Trinajstić information content (AvgIpc) is 2.60. The fourth-order valence-electron chi connectivity index (χ4n) is 2.10. The third-order valence-corrected chi connectivity index (χ3v) is 3.94. The number of benzene rings is 1. The Bertz CT molecular complexity index is 682. The largest absolute Gasteiger partial charge is 0.460 e. The molecule has 0 aliphatic heterocycles. The Morgan fingerprint density at radius 1 is 0.567 bits per heavy atom. The lowest BCUT2D eigenvalue weighted by Crippen LogP contribution is -2.70. The number of rotatable bonds is 10. The van der Waals surface area contributed by atoms with Gasteiger partial charge in [0.05, 0.1) is 13.2 Å². The van der Waals surface area contributed by atoms with E-state index in [0.717, 1.165) is 0 Å². The molecule has 1 aromatic rings. The van der Waals surface area contributed by atoms with Gasteiger partial charge in [-0.15, -0.1) is 0 Å². The molecule has 0 aliphatic rings. The van der Waals surface area contributed by atoms with Gasteiger partial charge in [-0.3, -0.25) is 0 Å². The second-order valence-corrected chi connectivity index (χ2v) is 6.10. The number of ether oxygens (including phenoxy) is 1. The van der Waals surface area contributed by atoms with Gasteiger partial charge >= 0.3 is 35.8 Å². The minimum absolute atomic E-state index is 0.0643.